The Balaban J connectivity index is 1.83. The van der Waals surface area contributed by atoms with Crippen molar-refractivity contribution in [2.45, 2.75) is 6.92 Å². The number of carbonyl (C=O) groups is 1. The molecule has 2 aromatic rings. The van der Waals surface area contributed by atoms with Gasteiger partial charge in [-0.1, -0.05) is 30.3 Å². The summed E-state index contributed by atoms with van der Waals surface area (Å²) < 4.78 is 0. The molecule has 5 nitrogen and oxygen atoms in total. The van der Waals surface area contributed by atoms with E-state index in [1.807, 2.05) is 31.2 Å². The lowest BCUT2D eigenvalue weighted by Gasteiger charge is -2.07. The molecule has 0 saturated heterocycles. The molecular weight excluding hydrogens is 266 g/mol. The molecule has 2 rings (SSSR count). The van der Waals surface area contributed by atoms with Crippen LogP contribution in [0.3, 0.4) is 0 Å². The largest absolute Gasteiger partial charge is 0.507 e. The number of hydrogen-bond acceptors (Lipinski definition) is 4. The molecule has 108 valence electrons. The van der Waals surface area contributed by atoms with Crippen LogP contribution in [0.1, 0.15) is 11.1 Å². The summed E-state index contributed by atoms with van der Waals surface area (Å²) in [6.45, 7) is 2.10. The molecule has 21 heavy (non-hydrogen) atoms. The fourth-order valence-electron chi connectivity index (χ4n) is 1.76. The summed E-state index contributed by atoms with van der Waals surface area (Å²) in [7, 11) is 0. The van der Waals surface area contributed by atoms with Crippen LogP contribution >= 0.6 is 0 Å². The summed E-state index contributed by atoms with van der Waals surface area (Å²) in [5.41, 5.74) is 4.94. The number of aromatic hydroxyl groups is 1. The Morgan fingerprint density at radius 1 is 1.19 bits per heavy atom. The summed E-state index contributed by atoms with van der Waals surface area (Å²) in [5, 5.41) is 16.4. The molecule has 0 spiro atoms. The van der Waals surface area contributed by atoms with Crippen molar-refractivity contribution in [1.82, 2.24) is 5.43 Å². The summed E-state index contributed by atoms with van der Waals surface area (Å²) in [6, 6.07) is 14.5. The standard InChI is InChI=1S/C16H17N3O2/c1-12-6-2-4-8-14(12)17-11-16(21)19-18-10-13-7-3-5-9-15(13)20/h2-10,17,20H,11H2,1H3,(H,19,21)/b18-10+. The number of hydrazone groups is 1. The van der Waals surface area contributed by atoms with Crippen molar-refractivity contribution < 1.29 is 9.90 Å². The zero-order valence-corrected chi connectivity index (χ0v) is 11.7. The van der Waals surface area contributed by atoms with E-state index >= 15 is 0 Å². The van der Waals surface area contributed by atoms with Gasteiger partial charge < -0.3 is 10.4 Å². The van der Waals surface area contributed by atoms with Gasteiger partial charge in [0.15, 0.2) is 0 Å². The number of amides is 1. The van der Waals surface area contributed by atoms with Gasteiger partial charge in [0.2, 0.25) is 0 Å². The lowest BCUT2D eigenvalue weighted by atomic mass is 10.2. The monoisotopic (exact) mass is 283 g/mol. The molecular formula is C16H17N3O2. The smallest absolute Gasteiger partial charge is 0.259 e. The van der Waals surface area contributed by atoms with E-state index < -0.39 is 0 Å². The lowest BCUT2D eigenvalue weighted by Crippen LogP contribution is -2.26. The van der Waals surface area contributed by atoms with Gasteiger partial charge in [0.25, 0.3) is 5.91 Å². The molecule has 5 heteroatoms. The molecule has 2 aromatic carbocycles. The first kappa shape index (κ1) is 14.6. The third-order valence-electron chi connectivity index (χ3n) is 2.91. The van der Waals surface area contributed by atoms with Crippen LogP contribution in [0.5, 0.6) is 5.75 Å². The number of rotatable bonds is 5. The van der Waals surface area contributed by atoms with Gasteiger partial charge in [-0.2, -0.15) is 5.10 Å². The quantitative estimate of drug-likeness (QED) is 0.582. The number of benzene rings is 2. The average Bonchev–Trinajstić information content (AvgIpc) is 2.48. The van der Waals surface area contributed by atoms with Crippen molar-refractivity contribution in [2.75, 3.05) is 11.9 Å². The topological polar surface area (TPSA) is 73.7 Å². The Bertz CT molecular complexity index is 653. The van der Waals surface area contributed by atoms with Gasteiger partial charge in [0.1, 0.15) is 5.75 Å². The van der Waals surface area contributed by atoms with E-state index in [-0.39, 0.29) is 18.2 Å². The number of para-hydroxylation sites is 2. The number of anilines is 1. The molecule has 0 aromatic heterocycles. The molecule has 0 aliphatic rings. The highest BCUT2D eigenvalue weighted by atomic mass is 16.3. The molecule has 0 aliphatic carbocycles. The summed E-state index contributed by atoms with van der Waals surface area (Å²) in [6.07, 6.45) is 1.40. The molecule has 0 atom stereocenters. The van der Waals surface area contributed by atoms with Crippen LogP contribution in [0, 0.1) is 6.92 Å². The number of carbonyl (C=O) groups excluding carboxylic acids is 1. The van der Waals surface area contributed by atoms with Crippen LogP contribution in [0.15, 0.2) is 53.6 Å². The van der Waals surface area contributed by atoms with Crippen molar-refractivity contribution in [2.24, 2.45) is 5.10 Å². The predicted octanol–water partition coefficient (Wildman–Crippen LogP) is 2.26. The molecule has 0 aliphatic heterocycles. The van der Waals surface area contributed by atoms with Crippen LogP contribution in [0.2, 0.25) is 0 Å². The second-order valence-corrected chi connectivity index (χ2v) is 4.52. The maximum atomic E-state index is 11.7. The zero-order chi connectivity index (χ0) is 15.1. The Labute approximate surface area is 123 Å². The van der Waals surface area contributed by atoms with Gasteiger partial charge in [-0.25, -0.2) is 5.43 Å². The maximum absolute atomic E-state index is 11.7. The van der Waals surface area contributed by atoms with Gasteiger partial charge in [-0.05, 0) is 30.7 Å². The van der Waals surface area contributed by atoms with Crippen LogP contribution in [0.4, 0.5) is 5.69 Å². The van der Waals surface area contributed by atoms with Crippen LogP contribution < -0.4 is 10.7 Å². The van der Waals surface area contributed by atoms with Crippen molar-refractivity contribution in [3.05, 3.63) is 59.7 Å². The maximum Gasteiger partial charge on any atom is 0.259 e. The molecule has 1 amide bonds. The van der Waals surface area contributed by atoms with Crippen LogP contribution in [0.25, 0.3) is 0 Å². The molecule has 3 N–H and O–H groups in total. The highest BCUT2D eigenvalue weighted by Gasteiger charge is 2.01. The molecule has 0 heterocycles. The number of hydrogen-bond donors (Lipinski definition) is 3. The van der Waals surface area contributed by atoms with E-state index in [1.165, 1.54) is 6.21 Å². The SMILES string of the molecule is Cc1ccccc1NCC(=O)N/N=C/c1ccccc1O. The molecule has 0 bridgehead atoms. The Kier molecular flexibility index (Phi) is 4.93. The highest BCUT2D eigenvalue weighted by Crippen LogP contribution is 2.13. The van der Waals surface area contributed by atoms with Crippen LogP contribution in [-0.4, -0.2) is 23.8 Å². The normalized spacial score (nSPS) is 10.5. The van der Waals surface area contributed by atoms with Gasteiger partial charge in [0, 0.05) is 11.3 Å². The second kappa shape index (κ2) is 7.09. The van der Waals surface area contributed by atoms with E-state index in [2.05, 4.69) is 15.8 Å². The Morgan fingerprint density at radius 2 is 1.90 bits per heavy atom. The minimum Gasteiger partial charge on any atom is -0.507 e. The summed E-state index contributed by atoms with van der Waals surface area (Å²) in [4.78, 5) is 11.7. The minimum absolute atomic E-state index is 0.119. The van der Waals surface area contributed by atoms with Gasteiger partial charge in [0.05, 0.1) is 12.8 Å². The first-order valence-electron chi connectivity index (χ1n) is 6.56. The van der Waals surface area contributed by atoms with E-state index in [0.717, 1.165) is 11.3 Å². The number of nitrogens with zero attached hydrogens (tertiary/aromatic N) is 1. The molecule has 0 saturated carbocycles. The molecule has 0 radical (unpaired) electrons. The summed E-state index contributed by atoms with van der Waals surface area (Å²) >= 11 is 0. The van der Waals surface area contributed by atoms with Crippen molar-refractivity contribution in [3.63, 3.8) is 0 Å². The summed E-state index contributed by atoms with van der Waals surface area (Å²) in [5.74, 6) is -0.140. The van der Waals surface area contributed by atoms with Crippen molar-refractivity contribution >= 4 is 17.8 Å². The lowest BCUT2D eigenvalue weighted by molar-refractivity contribution is -0.119. The number of aryl methyl sites for hydroxylation is 1. The van der Waals surface area contributed by atoms with Crippen molar-refractivity contribution in [3.8, 4) is 5.75 Å². The Morgan fingerprint density at radius 3 is 2.67 bits per heavy atom. The van der Waals surface area contributed by atoms with Gasteiger partial charge >= 0.3 is 0 Å². The van der Waals surface area contributed by atoms with Crippen LogP contribution in [-0.2, 0) is 4.79 Å². The van der Waals surface area contributed by atoms with Gasteiger partial charge in [-0.3, -0.25) is 4.79 Å². The fourth-order valence-corrected chi connectivity index (χ4v) is 1.76. The number of nitrogens with one attached hydrogen (secondary N) is 2. The minimum atomic E-state index is -0.259. The predicted molar refractivity (Wildman–Crippen MR) is 83.5 cm³/mol. The Hall–Kier alpha value is -2.82. The fraction of sp³-hybridized carbons (Fsp3) is 0.125. The first-order valence-corrected chi connectivity index (χ1v) is 6.56. The average molecular weight is 283 g/mol. The van der Waals surface area contributed by atoms with E-state index in [0.29, 0.717) is 5.56 Å². The van der Waals surface area contributed by atoms with E-state index in [1.54, 1.807) is 24.3 Å². The zero-order valence-electron chi connectivity index (χ0n) is 11.7. The third-order valence-corrected chi connectivity index (χ3v) is 2.91. The highest BCUT2D eigenvalue weighted by molar-refractivity contribution is 5.86. The molecule has 0 unspecified atom stereocenters. The van der Waals surface area contributed by atoms with Crippen molar-refractivity contribution in [1.29, 1.82) is 0 Å². The third kappa shape index (κ3) is 4.35. The van der Waals surface area contributed by atoms with E-state index in [4.69, 9.17) is 0 Å². The van der Waals surface area contributed by atoms with Gasteiger partial charge in [-0.15, -0.1) is 0 Å². The second-order valence-electron chi connectivity index (χ2n) is 4.52. The van der Waals surface area contributed by atoms with E-state index in [9.17, 15) is 9.90 Å². The number of phenolic OH excluding ortho intramolecular Hbond substituents is 1. The number of phenols is 1. The molecule has 0 fully saturated rings. The first-order chi connectivity index (χ1) is 10.2.